The molecule has 2 aromatic carbocycles. The fourth-order valence-electron chi connectivity index (χ4n) is 2.10. The first-order valence-corrected chi connectivity index (χ1v) is 6.78. The Morgan fingerprint density at radius 2 is 2.00 bits per heavy atom. The second kappa shape index (κ2) is 5.43. The zero-order valence-electron chi connectivity index (χ0n) is 11.3. The molecular formula is C17H11ClN2O. The Labute approximate surface area is 127 Å². The standard InChI is InChI=1S/C17H11ClN2O/c1-11-6-7-13(18)8-16(11)21-17-12(9-19)10-20-15-5-3-2-4-14(15)17/h2-8,10H,1H3. The third-order valence-corrected chi connectivity index (χ3v) is 3.44. The second-order valence-electron chi connectivity index (χ2n) is 4.64. The minimum absolute atomic E-state index is 0.396. The maximum absolute atomic E-state index is 9.28. The van der Waals surface area contributed by atoms with E-state index < -0.39 is 0 Å². The second-order valence-corrected chi connectivity index (χ2v) is 5.08. The van der Waals surface area contributed by atoms with Gasteiger partial charge in [-0.05, 0) is 36.8 Å². The van der Waals surface area contributed by atoms with Gasteiger partial charge in [-0.3, -0.25) is 4.98 Å². The first kappa shape index (κ1) is 13.4. The Morgan fingerprint density at radius 3 is 2.81 bits per heavy atom. The molecule has 0 aliphatic heterocycles. The van der Waals surface area contributed by atoms with Crippen LogP contribution in [0.5, 0.6) is 11.5 Å². The van der Waals surface area contributed by atoms with Gasteiger partial charge in [-0.2, -0.15) is 5.26 Å². The van der Waals surface area contributed by atoms with E-state index in [9.17, 15) is 5.26 Å². The highest BCUT2D eigenvalue weighted by Crippen LogP contribution is 2.34. The fraction of sp³-hybridized carbons (Fsp3) is 0.0588. The number of aryl methyl sites for hydroxylation is 1. The maximum Gasteiger partial charge on any atom is 0.156 e. The van der Waals surface area contributed by atoms with Crippen molar-refractivity contribution in [2.24, 2.45) is 0 Å². The average molecular weight is 295 g/mol. The van der Waals surface area contributed by atoms with E-state index in [1.165, 1.54) is 6.20 Å². The van der Waals surface area contributed by atoms with E-state index in [0.717, 1.165) is 16.5 Å². The smallest absolute Gasteiger partial charge is 0.156 e. The molecule has 0 unspecified atom stereocenters. The summed E-state index contributed by atoms with van der Waals surface area (Å²) >= 11 is 6.02. The lowest BCUT2D eigenvalue weighted by Crippen LogP contribution is -1.94. The summed E-state index contributed by atoms with van der Waals surface area (Å²) in [5.74, 6) is 1.14. The lowest BCUT2D eigenvalue weighted by Gasteiger charge is -2.12. The van der Waals surface area contributed by atoms with Crippen molar-refractivity contribution in [1.29, 1.82) is 5.26 Å². The zero-order chi connectivity index (χ0) is 14.8. The molecule has 0 saturated heterocycles. The lowest BCUT2D eigenvalue weighted by molar-refractivity contribution is 0.482. The molecule has 3 aromatic rings. The van der Waals surface area contributed by atoms with Crippen LogP contribution in [0, 0.1) is 18.3 Å². The highest BCUT2D eigenvalue weighted by molar-refractivity contribution is 6.30. The number of aromatic nitrogens is 1. The van der Waals surface area contributed by atoms with Gasteiger partial charge in [0.25, 0.3) is 0 Å². The van der Waals surface area contributed by atoms with Crippen molar-refractivity contribution < 1.29 is 4.74 Å². The molecule has 0 spiro atoms. The van der Waals surface area contributed by atoms with Gasteiger partial charge in [-0.25, -0.2) is 0 Å². The third-order valence-electron chi connectivity index (χ3n) is 3.21. The fourth-order valence-corrected chi connectivity index (χ4v) is 2.26. The molecule has 0 aliphatic rings. The van der Waals surface area contributed by atoms with Gasteiger partial charge in [0.2, 0.25) is 0 Å². The van der Waals surface area contributed by atoms with Gasteiger partial charge in [0.15, 0.2) is 5.75 Å². The number of benzene rings is 2. The van der Waals surface area contributed by atoms with E-state index in [0.29, 0.717) is 22.1 Å². The number of fused-ring (bicyclic) bond motifs is 1. The molecule has 0 saturated carbocycles. The van der Waals surface area contributed by atoms with Crippen LogP contribution in [0.2, 0.25) is 5.02 Å². The molecule has 102 valence electrons. The zero-order valence-corrected chi connectivity index (χ0v) is 12.1. The number of nitrogens with zero attached hydrogens (tertiary/aromatic N) is 2. The van der Waals surface area contributed by atoms with Crippen LogP contribution in [-0.2, 0) is 0 Å². The lowest BCUT2D eigenvalue weighted by atomic mass is 10.1. The molecule has 3 nitrogen and oxygen atoms in total. The number of para-hydroxylation sites is 1. The molecule has 0 N–H and O–H groups in total. The molecule has 0 atom stereocenters. The van der Waals surface area contributed by atoms with Crippen molar-refractivity contribution >= 4 is 22.5 Å². The first-order chi connectivity index (χ1) is 10.2. The molecule has 0 fully saturated rings. The van der Waals surface area contributed by atoms with Crippen LogP contribution >= 0.6 is 11.6 Å². The SMILES string of the molecule is Cc1ccc(Cl)cc1Oc1c(C#N)cnc2ccccc12. The number of hydrogen-bond donors (Lipinski definition) is 0. The Bertz CT molecular complexity index is 868. The summed E-state index contributed by atoms with van der Waals surface area (Å²) in [5.41, 5.74) is 2.13. The van der Waals surface area contributed by atoms with E-state index in [-0.39, 0.29) is 0 Å². The van der Waals surface area contributed by atoms with E-state index in [1.54, 1.807) is 12.1 Å². The normalized spacial score (nSPS) is 10.3. The summed E-state index contributed by atoms with van der Waals surface area (Å²) in [6.45, 7) is 1.93. The van der Waals surface area contributed by atoms with Crippen LogP contribution in [0.25, 0.3) is 10.9 Å². The molecule has 1 heterocycles. The number of rotatable bonds is 2. The van der Waals surface area contributed by atoms with E-state index in [2.05, 4.69) is 11.1 Å². The molecular weight excluding hydrogens is 284 g/mol. The number of nitriles is 1. The van der Waals surface area contributed by atoms with Gasteiger partial charge in [0.05, 0.1) is 5.52 Å². The predicted molar refractivity (Wildman–Crippen MR) is 82.7 cm³/mol. The van der Waals surface area contributed by atoms with Crippen molar-refractivity contribution in [1.82, 2.24) is 4.98 Å². The van der Waals surface area contributed by atoms with Crippen molar-refractivity contribution in [3.8, 4) is 17.6 Å². The van der Waals surface area contributed by atoms with Crippen LogP contribution in [-0.4, -0.2) is 4.98 Å². The minimum atomic E-state index is 0.396. The van der Waals surface area contributed by atoms with Gasteiger partial charge < -0.3 is 4.74 Å². The van der Waals surface area contributed by atoms with Gasteiger partial charge >= 0.3 is 0 Å². The molecule has 4 heteroatoms. The summed E-state index contributed by atoms with van der Waals surface area (Å²) in [6.07, 6.45) is 1.53. The topological polar surface area (TPSA) is 45.9 Å². The molecule has 0 radical (unpaired) electrons. The largest absolute Gasteiger partial charge is 0.455 e. The van der Waals surface area contributed by atoms with E-state index in [4.69, 9.17) is 16.3 Å². The van der Waals surface area contributed by atoms with Crippen molar-refractivity contribution in [2.75, 3.05) is 0 Å². The van der Waals surface area contributed by atoms with Crippen molar-refractivity contribution in [3.63, 3.8) is 0 Å². The van der Waals surface area contributed by atoms with Crippen molar-refractivity contribution in [2.45, 2.75) is 6.92 Å². The molecule has 0 amide bonds. The van der Waals surface area contributed by atoms with Gasteiger partial charge in [0.1, 0.15) is 17.4 Å². The minimum Gasteiger partial charge on any atom is -0.455 e. The number of halogens is 1. The average Bonchev–Trinajstić information content (AvgIpc) is 2.51. The maximum atomic E-state index is 9.28. The molecule has 21 heavy (non-hydrogen) atoms. The summed E-state index contributed by atoms with van der Waals surface area (Å²) in [6, 6.07) is 15.1. The van der Waals surface area contributed by atoms with Crippen molar-refractivity contribution in [3.05, 3.63) is 64.8 Å². The van der Waals surface area contributed by atoms with Crippen LogP contribution in [0.3, 0.4) is 0 Å². The number of pyridine rings is 1. The Morgan fingerprint density at radius 1 is 1.19 bits per heavy atom. The number of hydrogen-bond acceptors (Lipinski definition) is 3. The van der Waals surface area contributed by atoms with E-state index in [1.807, 2.05) is 37.3 Å². The molecule has 3 rings (SSSR count). The van der Waals surface area contributed by atoms with E-state index >= 15 is 0 Å². The quantitative estimate of drug-likeness (QED) is 0.678. The van der Waals surface area contributed by atoms with Crippen LogP contribution < -0.4 is 4.74 Å². The van der Waals surface area contributed by atoms with Gasteiger partial charge in [-0.15, -0.1) is 0 Å². The highest BCUT2D eigenvalue weighted by Gasteiger charge is 2.12. The van der Waals surface area contributed by atoms with Crippen LogP contribution in [0.4, 0.5) is 0 Å². The van der Waals surface area contributed by atoms with Crippen LogP contribution in [0.15, 0.2) is 48.7 Å². The highest BCUT2D eigenvalue weighted by atomic mass is 35.5. The van der Waals surface area contributed by atoms with Crippen LogP contribution in [0.1, 0.15) is 11.1 Å². The first-order valence-electron chi connectivity index (χ1n) is 6.41. The predicted octanol–water partition coefficient (Wildman–Crippen LogP) is 4.86. The molecule has 1 aromatic heterocycles. The van der Waals surface area contributed by atoms with Gasteiger partial charge in [0, 0.05) is 16.6 Å². The summed E-state index contributed by atoms with van der Waals surface area (Å²) in [5, 5.41) is 10.7. The Hall–Kier alpha value is -2.57. The summed E-state index contributed by atoms with van der Waals surface area (Å²) in [4.78, 5) is 4.27. The Kier molecular flexibility index (Phi) is 3.47. The molecule has 0 bridgehead atoms. The molecule has 0 aliphatic carbocycles. The Balaban J connectivity index is 2.19. The number of ether oxygens (including phenoxy) is 1. The summed E-state index contributed by atoms with van der Waals surface area (Å²) < 4.78 is 5.98. The monoisotopic (exact) mass is 294 g/mol. The summed E-state index contributed by atoms with van der Waals surface area (Å²) in [7, 11) is 0. The third kappa shape index (κ3) is 2.54. The van der Waals surface area contributed by atoms with Gasteiger partial charge in [-0.1, -0.05) is 29.8 Å².